The molecule has 1 aromatic carbocycles. The fourth-order valence-electron chi connectivity index (χ4n) is 4.16. The smallest absolute Gasteiger partial charge is 0.352 e. The van der Waals surface area contributed by atoms with E-state index in [9.17, 15) is 18.0 Å². The Balaban J connectivity index is 1.62. The molecule has 9 heteroatoms. The number of pyridine rings is 1. The number of hydrogen-bond acceptors (Lipinski definition) is 4. The van der Waals surface area contributed by atoms with E-state index in [1.807, 2.05) is 11.5 Å². The molecule has 1 amide bonds. The van der Waals surface area contributed by atoms with Crippen molar-refractivity contribution >= 4 is 28.7 Å². The molecule has 0 unspecified atom stereocenters. The minimum Gasteiger partial charge on any atom is -0.352 e. The molecule has 1 fully saturated rings. The summed E-state index contributed by atoms with van der Waals surface area (Å²) in [5.41, 5.74) is 1.33. The molecule has 1 saturated carbocycles. The van der Waals surface area contributed by atoms with Gasteiger partial charge >= 0.3 is 6.18 Å². The Hall–Kier alpha value is -2.55. The molecular formula is C23H25F3N4OS. The largest absolute Gasteiger partial charge is 0.416 e. The summed E-state index contributed by atoms with van der Waals surface area (Å²) >= 11 is 1.33. The lowest BCUT2D eigenvalue weighted by molar-refractivity contribution is -0.137. The quantitative estimate of drug-likeness (QED) is 0.454. The van der Waals surface area contributed by atoms with Gasteiger partial charge in [-0.1, -0.05) is 49.7 Å². The first-order valence-corrected chi connectivity index (χ1v) is 11.8. The molecule has 1 aliphatic rings. The Bertz CT molecular complexity index is 1090. The molecule has 1 N–H and O–H groups in total. The number of halogens is 3. The van der Waals surface area contributed by atoms with Crippen LogP contribution in [0.25, 0.3) is 11.0 Å². The second-order valence-electron chi connectivity index (χ2n) is 8.03. The molecule has 170 valence electrons. The van der Waals surface area contributed by atoms with Gasteiger partial charge in [0, 0.05) is 18.0 Å². The summed E-state index contributed by atoms with van der Waals surface area (Å²) in [6, 6.07) is 6.82. The summed E-state index contributed by atoms with van der Waals surface area (Å²) in [5, 5.41) is 3.76. The number of nitrogens with one attached hydrogen (secondary N) is 1. The van der Waals surface area contributed by atoms with E-state index in [2.05, 4.69) is 15.3 Å². The van der Waals surface area contributed by atoms with E-state index in [0.29, 0.717) is 28.4 Å². The number of aromatic nitrogens is 3. The topological polar surface area (TPSA) is 59.8 Å². The lowest BCUT2D eigenvalue weighted by atomic mass is 10.1. The van der Waals surface area contributed by atoms with Crippen molar-refractivity contribution in [2.45, 2.75) is 68.2 Å². The second-order valence-corrected chi connectivity index (χ2v) is 8.97. The summed E-state index contributed by atoms with van der Waals surface area (Å²) in [7, 11) is 0. The molecule has 0 aliphatic heterocycles. The van der Waals surface area contributed by atoms with Crippen LogP contribution >= 0.6 is 11.8 Å². The molecule has 2 aromatic heterocycles. The molecule has 2 heterocycles. The summed E-state index contributed by atoms with van der Waals surface area (Å²) < 4.78 is 41.1. The predicted molar refractivity (Wildman–Crippen MR) is 118 cm³/mol. The molecule has 0 radical (unpaired) electrons. The highest BCUT2D eigenvalue weighted by Crippen LogP contribution is 2.34. The number of carbonyl (C=O) groups excluding carboxylic acids is 1. The van der Waals surface area contributed by atoms with Gasteiger partial charge in [0.1, 0.15) is 6.04 Å². The van der Waals surface area contributed by atoms with E-state index >= 15 is 0 Å². The maximum atomic E-state index is 13.1. The fraction of sp³-hybridized carbons (Fsp3) is 0.435. The predicted octanol–water partition coefficient (Wildman–Crippen LogP) is 5.75. The third kappa shape index (κ3) is 4.92. The number of fused-ring (bicyclic) bond motifs is 1. The van der Waals surface area contributed by atoms with Crippen LogP contribution in [0.4, 0.5) is 13.2 Å². The standard InChI is InChI=1S/C23H25F3N4OS/c1-2-19(21(31)28-17-8-3-4-9-17)30-20-13-27-11-10-18(20)29-22(30)32-14-15-6-5-7-16(12-15)23(24,25)26/h5-7,10-13,17,19H,2-4,8-9,14H2,1H3,(H,28,31)/t19-/m0/s1. The van der Waals surface area contributed by atoms with Crippen molar-refractivity contribution in [3.8, 4) is 0 Å². The van der Waals surface area contributed by atoms with Crippen molar-refractivity contribution in [3.63, 3.8) is 0 Å². The molecule has 32 heavy (non-hydrogen) atoms. The summed E-state index contributed by atoms with van der Waals surface area (Å²) in [4.78, 5) is 22.0. The summed E-state index contributed by atoms with van der Waals surface area (Å²) in [6.07, 6.45) is 3.73. The van der Waals surface area contributed by atoms with Crippen molar-refractivity contribution in [1.29, 1.82) is 0 Å². The van der Waals surface area contributed by atoms with Crippen LogP contribution < -0.4 is 5.32 Å². The molecule has 4 rings (SSSR count). The zero-order valence-corrected chi connectivity index (χ0v) is 18.5. The maximum Gasteiger partial charge on any atom is 0.416 e. The first-order valence-electron chi connectivity index (χ1n) is 10.8. The number of hydrogen-bond donors (Lipinski definition) is 1. The summed E-state index contributed by atoms with van der Waals surface area (Å²) in [6.45, 7) is 1.95. The highest BCUT2D eigenvalue weighted by molar-refractivity contribution is 7.98. The number of imidazole rings is 1. The first kappa shape index (κ1) is 22.6. The van der Waals surface area contributed by atoms with E-state index in [1.165, 1.54) is 17.8 Å². The lowest BCUT2D eigenvalue weighted by Crippen LogP contribution is -2.38. The van der Waals surface area contributed by atoms with Crippen LogP contribution in [-0.4, -0.2) is 26.5 Å². The van der Waals surface area contributed by atoms with E-state index in [4.69, 9.17) is 0 Å². The fourth-order valence-corrected chi connectivity index (χ4v) is 5.16. The highest BCUT2D eigenvalue weighted by Gasteiger charge is 2.31. The second kappa shape index (κ2) is 9.52. The lowest BCUT2D eigenvalue weighted by Gasteiger charge is -2.22. The van der Waals surface area contributed by atoms with Crippen LogP contribution in [0.3, 0.4) is 0 Å². The van der Waals surface area contributed by atoms with Gasteiger partial charge in [0.15, 0.2) is 5.16 Å². The van der Waals surface area contributed by atoms with Crippen molar-refractivity contribution < 1.29 is 18.0 Å². The number of alkyl halides is 3. The monoisotopic (exact) mass is 462 g/mol. The van der Waals surface area contributed by atoms with Gasteiger partial charge in [-0.15, -0.1) is 0 Å². The Morgan fingerprint density at radius 3 is 2.78 bits per heavy atom. The third-order valence-corrected chi connectivity index (χ3v) is 6.81. The van der Waals surface area contributed by atoms with Gasteiger partial charge in [0.2, 0.25) is 5.91 Å². The van der Waals surface area contributed by atoms with Gasteiger partial charge in [-0.25, -0.2) is 4.98 Å². The van der Waals surface area contributed by atoms with Crippen LogP contribution in [0, 0.1) is 0 Å². The van der Waals surface area contributed by atoms with Crippen molar-refractivity contribution in [3.05, 3.63) is 53.9 Å². The molecule has 0 bridgehead atoms. The minimum absolute atomic E-state index is 0.0523. The van der Waals surface area contributed by atoms with Crippen LogP contribution in [0.2, 0.25) is 0 Å². The van der Waals surface area contributed by atoms with Gasteiger partial charge in [-0.3, -0.25) is 9.78 Å². The number of thioether (sulfide) groups is 1. The Morgan fingerprint density at radius 1 is 1.28 bits per heavy atom. The molecule has 1 aliphatic carbocycles. The normalized spacial score (nSPS) is 15.9. The van der Waals surface area contributed by atoms with Crippen LogP contribution in [-0.2, 0) is 16.7 Å². The van der Waals surface area contributed by atoms with Crippen molar-refractivity contribution in [2.75, 3.05) is 0 Å². The third-order valence-electron chi connectivity index (χ3n) is 5.78. The van der Waals surface area contributed by atoms with Crippen molar-refractivity contribution in [2.24, 2.45) is 0 Å². The average Bonchev–Trinajstić information content (AvgIpc) is 3.40. The SMILES string of the molecule is CC[C@@H](C(=O)NC1CCCC1)n1c(SCc2cccc(C(F)(F)F)c2)nc2ccncc21. The molecule has 0 saturated heterocycles. The van der Waals surface area contributed by atoms with Crippen LogP contribution in [0.15, 0.2) is 47.9 Å². The van der Waals surface area contributed by atoms with Gasteiger partial charge in [-0.05, 0) is 37.0 Å². The molecule has 0 spiro atoms. The maximum absolute atomic E-state index is 13.1. The minimum atomic E-state index is -4.38. The molecule has 5 nitrogen and oxygen atoms in total. The van der Waals surface area contributed by atoms with E-state index in [0.717, 1.165) is 43.3 Å². The van der Waals surface area contributed by atoms with Crippen molar-refractivity contribution in [1.82, 2.24) is 19.9 Å². The van der Waals surface area contributed by atoms with Gasteiger partial charge in [-0.2, -0.15) is 13.2 Å². The highest BCUT2D eigenvalue weighted by atomic mass is 32.2. The number of rotatable bonds is 7. The number of amides is 1. The number of benzene rings is 1. The van der Waals surface area contributed by atoms with Crippen LogP contribution in [0.1, 0.15) is 56.2 Å². The Labute approximate surface area is 188 Å². The Kier molecular flexibility index (Phi) is 6.74. The van der Waals surface area contributed by atoms with E-state index in [-0.39, 0.29) is 11.9 Å². The van der Waals surface area contributed by atoms with Gasteiger partial charge in [0.25, 0.3) is 0 Å². The summed E-state index contributed by atoms with van der Waals surface area (Å²) in [5.74, 6) is 0.255. The number of nitrogens with zero attached hydrogens (tertiary/aromatic N) is 3. The molecular weight excluding hydrogens is 437 g/mol. The van der Waals surface area contributed by atoms with Crippen LogP contribution in [0.5, 0.6) is 0 Å². The van der Waals surface area contributed by atoms with E-state index < -0.39 is 17.8 Å². The average molecular weight is 463 g/mol. The first-order chi connectivity index (χ1) is 15.4. The molecule has 1 atom stereocenters. The zero-order chi connectivity index (χ0) is 22.7. The van der Waals surface area contributed by atoms with Gasteiger partial charge < -0.3 is 9.88 Å². The molecule has 3 aromatic rings. The van der Waals surface area contributed by atoms with Gasteiger partial charge in [0.05, 0.1) is 22.8 Å². The zero-order valence-electron chi connectivity index (χ0n) is 17.7. The Morgan fingerprint density at radius 2 is 2.06 bits per heavy atom. The van der Waals surface area contributed by atoms with E-state index in [1.54, 1.807) is 24.5 Å². The number of carbonyl (C=O) groups is 1.